The van der Waals surface area contributed by atoms with Gasteiger partial charge in [0.15, 0.2) is 0 Å². The maximum Gasteiger partial charge on any atom is 0.257 e. The number of carbonyl (C=O) groups excluding carboxylic acids is 1. The van der Waals surface area contributed by atoms with E-state index in [9.17, 15) is 17.6 Å². The van der Waals surface area contributed by atoms with E-state index in [4.69, 9.17) is 0 Å². The van der Waals surface area contributed by atoms with Gasteiger partial charge in [0.05, 0.1) is 22.2 Å². The minimum Gasteiger partial charge on any atom is -0.339 e. The summed E-state index contributed by atoms with van der Waals surface area (Å²) in [6, 6.07) is 3.18. The minimum absolute atomic E-state index is 0.0680. The Hall–Kier alpha value is -2.39. The first-order valence-corrected chi connectivity index (χ1v) is 12.1. The number of hydrogen-bond acceptors (Lipinski definition) is 5. The Morgan fingerprint density at radius 1 is 1.10 bits per heavy atom. The average Bonchev–Trinajstić information content (AvgIpc) is 3.24. The number of carbonyl (C=O) groups is 1. The fourth-order valence-corrected chi connectivity index (χ4v) is 6.30. The molecule has 0 spiro atoms. The quantitative estimate of drug-likeness (QED) is 0.719. The Labute approximate surface area is 182 Å². The normalized spacial score (nSPS) is 20.2. The standard InChI is InChI=1S/C22H27FN4O3S/c1-15-13-17(23)8-9-20(15)31(29,30)27-12-6-7-19(27)21-24-14-18(16(2)25-21)22(28)26-10-4-3-5-11-26/h8-9,13-14,19H,3-7,10-12H2,1-2H3/t19-/m1/s1. The SMILES string of the molecule is Cc1cc(F)ccc1S(=O)(=O)N1CCC[C@@H]1c1ncc(C(=O)N2CCCCC2)c(C)n1. The van der Waals surface area contributed by atoms with Crippen molar-refractivity contribution in [2.45, 2.75) is 56.9 Å². The van der Waals surface area contributed by atoms with Crippen molar-refractivity contribution in [3.05, 3.63) is 52.9 Å². The van der Waals surface area contributed by atoms with Gasteiger partial charge < -0.3 is 4.90 Å². The summed E-state index contributed by atoms with van der Waals surface area (Å²) in [7, 11) is -3.83. The van der Waals surface area contributed by atoms with Gasteiger partial charge in [-0.15, -0.1) is 0 Å². The zero-order chi connectivity index (χ0) is 22.2. The lowest BCUT2D eigenvalue weighted by Gasteiger charge is -2.27. The van der Waals surface area contributed by atoms with Crippen LogP contribution in [-0.4, -0.2) is 53.1 Å². The van der Waals surface area contributed by atoms with Crippen LogP contribution in [0.4, 0.5) is 4.39 Å². The molecule has 1 atom stereocenters. The number of nitrogens with zero attached hydrogens (tertiary/aromatic N) is 4. The van der Waals surface area contributed by atoms with Gasteiger partial charge in [-0.05, 0) is 69.7 Å². The lowest BCUT2D eigenvalue weighted by Crippen LogP contribution is -2.36. The van der Waals surface area contributed by atoms with E-state index in [2.05, 4.69) is 9.97 Å². The van der Waals surface area contributed by atoms with Gasteiger partial charge in [-0.3, -0.25) is 4.79 Å². The van der Waals surface area contributed by atoms with E-state index >= 15 is 0 Å². The van der Waals surface area contributed by atoms with E-state index in [1.807, 2.05) is 4.90 Å². The van der Waals surface area contributed by atoms with Crippen molar-refractivity contribution in [3.8, 4) is 0 Å². The molecule has 1 aromatic carbocycles. The predicted molar refractivity (Wildman–Crippen MR) is 114 cm³/mol. The monoisotopic (exact) mass is 446 g/mol. The van der Waals surface area contributed by atoms with Crippen LogP contribution in [0.5, 0.6) is 0 Å². The molecule has 0 bridgehead atoms. The Bertz CT molecular complexity index is 1100. The molecule has 1 aromatic heterocycles. The first-order valence-electron chi connectivity index (χ1n) is 10.7. The Kier molecular flexibility index (Phi) is 6.07. The van der Waals surface area contributed by atoms with Gasteiger partial charge in [-0.25, -0.2) is 22.8 Å². The van der Waals surface area contributed by atoms with Gasteiger partial charge in [0.1, 0.15) is 11.6 Å². The van der Waals surface area contributed by atoms with Crippen molar-refractivity contribution in [2.24, 2.45) is 0 Å². The van der Waals surface area contributed by atoms with Gasteiger partial charge in [-0.1, -0.05) is 0 Å². The van der Waals surface area contributed by atoms with Crippen LogP contribution >= 0.6 is 0 Å². The number of likely N-dealkylation sites (tertiary alicyclic amines) is 1. The molecule has 1 amide bonds. The maximum absolute atomic E-state index is 13.5. The van der Waals surface area contributed by atoms with Gasteiger partial charge in [0.25, 0.3) is 5.91 Å². The van der Waals surface area contributed by atoms with Crippen molar-refractivity contribution in [2.75, 3.05) is 19.6 Å². The van der Waals surface area contributed by atoms with Crippen LogP contribution in [0.25, 0.3) is 0 Å². The van der Waals surface area contributed by atoms with Crippen LogP contribution in [0.15, 0.2) is 29.3 Å². The second-order valence-electron chi connectivity index (χ2n) is 8.26. The van der Waals surface area contributed by atoms with E-state index in [1.54, 1.807) is 13.8 Å². The molecule has 0 saturated carbocycles. The van der Waals surface area contributed by atoms with E-state index in [0.717, 1.165) is 38.4 Å². The lowest BCUT2D eigenvalue weighted by molar-refractivity contribution is 0.0722. The minimum atomic E-state index is -3.83. The molecule has 0 unspecified atom stereocenters. The summed E-state index contributed by atoms with van der Waals surface area (Å²) >= 11 is 0. The molecule has 2 aliphatic rings. The lowest BCUT2D eigenvalue weighted by atomic mass is 10.1. The summed E-state index contributed by atoms with van der Waals surface area (Å²) in [5, 5.41) is 0. The van der Waals surface area contributed by atoms with Gasteiger partial charge in [0, 0.05) is 25.8 Å². The highest BCUT2D eigenvalue weighted by Crippen LogP contribution is 2.36. The number of benzene rings is 1. The van der Waals surface area contributed by atoms with Crippen LogP contribution in [0.1, 0.15) is 65.6 Å². The Morgan fingerprint density at radius 3 is 2.52 bits per heavy atom. The first-order chi connectivity index (χ1) is 14.8. The summed E-state index contributed by atoms with van der Waals surface area (Å²) in [6.07, 6.45) is 5.95. The van der Waals surface area contributed by atoms with Crippen LogP contribution in [0.3, 0.4) is 0 Å². The molecule has 2 aromatic rings. The molecule has 2 fully saturated rings. The number of aromatic nitrogens is 2. The maximum atomic E-state index is 13.5. The second kappa shape index (κ2) is 8.63. The molecule has 0 N–H and O–H groups in total. The number of piperidine rings is 1. The molecule has 4 rings (SSSR count). The third-order valence-corrected chi connectivity index (χ3v) is 8.17. The van der Waals surface area contributed by atoms with Crippen LogP contribution in [0.2, 0.25) is 0 Å². The Balaban J connectivity index is 1.61. The van der Waals surface area contributed by atoms with E-state index < -0.39 is 21.9 Å². The van der Waals surface area contributed by atoms with E-state index in [1.165, 1.54) is 22.6 Å². The molecule has 166 valence electrons. The summed E-state index contributed by atoms with van der Waals surface area (Å²) in [4.78, 5) is 23.7. The van der Waals surface area contributed by atoms with E-state index in [-0.39, 0.29) is 10.8 Å². The summed E-state index contributed by atoms with van der Waals surface area (Å²) in [6.45, 7) is 5.18. The van der Waals surface area contributed by atoms with Crippen LogP contribution < -0.4 is 0 Å². The molecule has 0 aliphatic carbocycles. The topological polar surface area (TPSA) is 83.5 Å². The average molecular weight is 447 g/mol. The zero-order valence-electron chi connectivity index (χ0n) is 17.8. The van der Waals surface area contributed by atoms with Gasteiger partial charge in [0.2, 0.25) is 10.0 Å². The summed E-state index contributed by atoms with van der Waals surface area (Å²) in [5.74, 6) is -0.141. The predicted octanol–water partition coefficient (Wildman–Crippen LogP) is 3.38. The second-order valence-corrected chi connectivity index (χ2v) is 10.1. The van der Waals surface area contributed by atoms with Crippen LogP contribution in [0, 0.1) is 19.7 Å². The highest BCUT2D eigenvalue weighted by Gasteiger charge is 2.38. The van der Waals surface area contributed by atoms with Crippen molar-refractivity contribution in [3.63, 3.8) is 0 Å². The molecule has 2 saturated heterocycles. The summed E-state index contributed by atoms with van der Waals surface area (Å²) in [5.41, 5.74) is 1.39. The molecule has 7 nitrogen and oxygen atoms in total. The molecule has 3 heterocycles. The largest absolute Gasteiger partial charge is 0.339 e. The van der Waals surface area contributed by atoms with E-state index in [0.29, 0.717) is 42.0 Å². The third-order valence-electron chi connectivity index (χ3n) is 6.10. The molecule has 2 aliphatic heterocycles. The zero-order valence-corrected chi connectivity index (χ0v) is 18.7. The summed E-state index contributed by atoms with van der Waals surface area (Å²) < 4.78 is 41.5. The molecular formula is C22H27FN4O3S. The number of aryl methyl sites for hydroxylation is 2. The molecule has 31 heavy (non-hydrogen) atoms. The molecular weight excluding hydrogens is 419 g/mol. The first kappa shape index (κ1) is 21.8. The van der Waals surface area contributed by atoms with Gasteiger partial charge in [-0.2, -0.15) is 4.31 Å². The highest BCUT2D eigenvalue weighted by molar-refractivity contribution is 7.89. The number of hydrogen-bond donors (Lipinski definition) is 0. The number of amides is 1. The van der Waals surface area contributed by atoms with Crippen molar-refractivity contribution < 1.29 is 17.6 Å². The Morgan fingerprint density at radius 2 is 1.84 bits per heavy atom. The van der Waals surface area contributed by atoms with Crippen LogP contribution in [-0.2, 0) is 10.0 Å². The third kappa shape index (κ3) is 4.21. The molecule has 0 radical (unpaired) electrons. The smallest absolute Gasteiger partial charge is 0.257 e. The van der Waals surface area contributed by atoms with Crippen molar-refractivity contribution in [1.82, 2.24) is 19.2 Å². The fourth-order valence-electron chi connectivity index (χ4n) is 4.44. The van der Waals surface area contributed by atoms with Crippen molar-refractivity contribution >= 4 is 15.9 Å². The highest BCUT2D eigenvalue weighted by atomic mass is 32.2. The fraction of sp³-hybridized carbons (Fsp3) is 0.500. The number of rotatable bonds is 4. The number of halogens is 1. The molecule has 9 heteroatoms. The van der Waals surface area contributed by atoms with Gasteiger partial charge >= 0.3 is 0 Å². The number of sulfonamides is 1. The van der Waals surface area contributed by atoms with Crippen molar-refractivity contribution in [1.29, 1.82) is 0 Å².